The van der Waals surface area contributed by atoms with Crippen LogP contribution < -0.4 is 4.74 Å². The Labute approximate surface area is 217 Å². The van der Waals surface area contributed by atoms with Gasteiger partial charge in [-0.25, -0.2) is 4.79 Å². The number of carboxylic acids is 1. The van der Waals surface area contributed by atoms with Crippen molar-refractivity contribution in [3.05, 3.63) is 30.3 Å². The second-order valence-corrected chi connectivity index (χ2v) is 7.28. The van der Waals surface area contributed by atoms with Crippen LogP contribution in [0.1, 0.15) is 12.8 Å². The van der Waals surface area contributed by atoms with Crippen LogP contribution >= 0.6 is 0 Å². The summed E-state index contributed by atoms with van der Waals surface area (Å²) < 4.78 is 42.6. The van der Waals surface area contributed by atoms with E-state index in [1.54, 1.807) is 0 Å². The summed E-state index contributed by atoms with van der Waals surface area (Å²) in [4.78, 5) is 32.5. The van der Waals surface area contributed by atoms with Crippen molar-refractivity contribution in [2.45, 2.75) is 12.8 Å². The first-order valence-electron chi connectivity index (χ1n) is 12.2. The van der Waals surface area contributed by atoms with E-state index in [9.17, 15) is 14.4 Å². The Morgan fingerprint density at radius 1 is 0.541 bits per heavy atom. The first kappa shape index (κ1) is 32.4. The van der Waals surface area contributed by atoms with Crippen LogP contribution in [0.5, 0.6) is 5.75 Å². The van der Waals surface area contributed by atoms with Crippen LogP contribution in [0.25, 0.3) is 0 Å². The van der Waals surface area contributed by atoms with Crippen LogP contribution in [0, 0.1) is 0 Å². The maximum Gasteiger partial charge on any atom is 0.372 e. The van der Waals surface area contributed by atoms with Gasteiger partial charge in [0.25, 0.3) is 0 Å². The summed E-state index contributed by atoms with van der Waals surface area (Å²) in [7, 11) is 0. The second kappa shape index (κ2) is 23.8. The third kappa shape index (κ3) is 21.2. The summed E-state index contributed by atoms with van der Waals surface area (Å²) in [5, 5.41) is 8.42. The topological polar surface area (TPSA) is 145 Å². The van der Waals surface area contributed by atoms with Crippen molar-refractivity contribution in [1.82, 2.24) is 0 Å². The molecule has 12 nitrogen and oxygen atoms in total. The van der Waals surface area contributed by atoms with Crippen LogP contribution in [-0.4, -0.2) is 115 Å². The lowest BCUT2D eigenvalue weighted by molar-refractivity contribution is -0.151. The summed E-state index contributed by atoms with van der Waals surface area (Å²) in [5.74, 6) is -2.40. The lowest BCUT2D eigenvalue weighted by Gasteiger charge is -2.09. The van der Waals surface area contributed by atoms with Gasteiger partial charge in [0.2, 0.25) is 5.78 Å². The molecule has 1 N–H and O–H groups in total. The zero-order valence-corrected chi connectivity index (χ0v) is 21.1. The van der Waals surface area contributed by atoms with Crippen molar-refractivity contribution in [1.29, 1.82) is 0 Å². The quantitative estimate of drug-likeness (QED) is 0.104. The van der Waals surface area contributed by atoms with E-state index in [0.29, 0.717) is 79.3 Å². The van der Waals surface area contributed by atoms with E-state index >= 15 is 0 Å². The Morgan fingerprint density at radius 3 is 1.38 bits per heavy atom. The first-order valence-corrected chi connectivity index (χ1v) is 12.2. The maximum atomic E-state index is 11.3. The highest BCUT2D eigenvalue weighted by Gasteiger charge is 2.14. The van der Waals surface area contributed by atoms with E-state index in [4.69, 9.17) is 43.0 Å². The number of carboxylic acid groups (broad SMARTS) is 1. The van der Waals surface area contributed by atoms with Crippen LogP contribution in [-0.2, 0) is 47.5 Å². The predicted octanol–water partition coefficient (Wildman–Crippen LogP) is 1.14. The van der Waals surface area contributed by atoms with Gasteiger partial charge in [-0.3, -0.25) is 9.59 Å². The molecule has 1 rings (SSSR count). The van der Waals surface area contributed by atoms with Crippen molar-refractivity contribution in [2.24, 2.45) is 0 Å². The molecule has 12 heteroatoms. The Balaban J connectivity index is 1.69. The highest BCUT2D eigenvalue weighted by Crippen LogP contribution is 2.07. The van der Waals surface area contributed by atoms with E-state index in [1.165, 1.54) is 0 Å². The Hall–Kier alpha value is -2.61. The van der Waals surface area contributed by atoms with Crippen LogP contribution in [0.4, 0.5) is 0 Å². The second-order valence-electron chi connectivity index (χ2n) is 7.28. The number of hydrogen-bond acceptors (Lipinski definition) is 11. The molecule has 0 saturated carbocycles. The van der Waals surface area contributed by atoms with Gasteiger partial charge in [0.15, 0.2) is 0 Å². The largest absolute Gasteiger partial charge is 0.491 e. The third-order valence-electron chi connectivity index (χ3n) is 4.39. The monoisotopic (exact) mass is 530 g/mol. The molecule has 0 aliphatic heterocycles. The third-order valence-corrected chi connectivity index (χ3v) is 4.39. The summed E-state index contributed by atoms with van der Waals surface area (Å²) >= 11 is 0. The van der Waals surface area contributed by atoms with Gasteiger partial charge >= 0.3 is 11.9 Å². The van der Waals surface area contributed by atoms with E-state index < -0.39 is 17.7 Å². The highest BCUT2D eigenvalue weighted by molar-refractivity contribution is 6.32. The number of carbonyl (C=O) groups excluding carboxylic acids is 2. The van der Waals surface area contributed by atoms with Gasteiger partial charge < -0.3 is 43.0 Å². The smallest absolute Gasteiger partial charge is 0.372 e. The molecule has 0 aliphatic carbocycles. The number of esters is 1. The molecule has 1 aromatic carbocycles. The van der Waals surface area contributed by atoms with Crippen molar-refractivity contribution in [3.8, 4) is 5.75 Å². The number of ether oxygens (including phenoxy) is 8. The van der Waals surface area contributed by atoms with Crippen molar-refractivity contribution in [2.75, 3.05) is 92.5 Å². The van der Waals surface area contributed by atoms with Crippen molar-refractivity contribution >= 4 is 17.7 Å². The minimum Gasteiger partial charge on any atom is -0.491 e. The number of hydrogen-bond donors (Lipinski definition) is 1. The summed E-state index contributed by atoms with van der Waals surface area (Å²) in [6.45, 7) is 5.59. The molecule has 0 bridgehead atoms. The fraction of sp³-hybridized carbons (Fsp3) is 0.640. The molecule has 0 aromatic heterocycles. The number of carbonyl (C=O) groups is 3. The molecule has 0 unspecified atom stereocenters. The molecule has 0 saturated heterocycles. The van der Waals surface area contributed by atoms with Crippen LogP contribution in [0.15, 0.2) is 30.3 Å². The lowest BCUT2D eigenvalue weighted by Crippen LogP contribution is -2.17. The molecule has 0 heterocycles. The van der Waals surface area contributed by atoms with Gasteiger partial charge in [0, 0.05) is 6.42 Å². The number of rotatable bonds is 26. The number of benzene rings is 1. The Morgan fingerprint density at radius 2 is 0.946 bits per heavy atom. The Bertz CT molecular complexity index is 713. The predicted molar refractivity (Wildman–Crippen MR) is 130 cm³/mol. The number of aliphatic carboxylic acids is 1. The van der Waals surface area contributed by atoms with Gasteiger partial charge in [-0.15, -0.1) is 0 Å². The highest BCUT2D eigenvalue weighted by atomic mass is 16.6. The average Bonchev–Trinajstić information content (AvgIpc) is 2.90. The van der Waals surface area contributed by atoms with E-state index in [2.05, 4.69) is 0 Å². The van der Waals surface area contributed by atoms with Crippen molar-refractivity contribution < 1.29 is 57.4 Å². The lowest BCUT2D eigenvalue weighted by atomic mass is 10.2. The molecule has 0 aliphatic rings. The molecule has 37 heavy (non-hydrogen) atoms. The minimum absolute atomic E-state index is 0.0205. The average molecular weight is 531 g/mol. The van der Waals surface area contributed by atoms with Gasteiger partial charge in [-0.05, 0) is 12.1 Å². The zero-order valence-electron chi connectivity index (χ0n) is 21.1. The first-order chi connectivity index (χ1) is 18.1. The van der Waals surface area contributed by atoms with E-state index in [1.807, 2.05) is 30.3 Å². The van der Waals surface area contributed by atoms with Gasteiger partial charge in [-0.2, -0.15) is 0 Å². The van der Waals surface area contributed by atoms with Gasteiger partial charge in [0.05, 0.1) is 85.7 Å². The van der Waals surface area contributed by atoms with E-state index in [0.717, 1.165) is 5.75 Å². The fourth-order valence-corrected chi connectivity index (χ4v) is 2.55. The van der Waals surface area contributed by atoms with Crippen LogP contribution in [0.2, 0.25) is 0 Å². The SMILES string of the molecule is O=C(CCC(=O)C(=O)O)OCCOCCOCCOCCOCCOCCOCCOc1ccccc1. The molecule has 0 spiro atoms. The molecule has 0 radical (unpaired) electrons. The number of Topliss-reactive ketones (excluding diaryl/α,β-unsaturated/α-hetero) is 1. The minimum atomic E-state index is -1.56. The molecule has 210 valence electrons. The normalized spacial score (nSPS) is 10.8. The zero-order chi connectivity index (χ0) is 26.8. The standard InChI is InChI=1S/C25H38O12/c26-23(25(28)29)6-7-24(27)37-21-19-35-17-15-33-13-11-31-9-8-30-10-12-32-14-16-34-18-20-36-22-4-2-1-3-5-22/h1-5H,6-21H2,(H,28,29). The molecule has 1 aromatic rings. The number of para-hydroxylation sites is 1. The molecular weight excluding hydrogens is 492 g/mol. The molecule has 0 atom stereocenters. The molecule has 0 fully saturated rings. The Kier molecular flexibility index (Phi) is 20.8. The van der Waals surface area contributed by atoms with Gasteiger partial charge in [0.1, 0.15) is 19.0 Å². The summed E-state index contributed by atoms with van der Waals surface area (Å²) in [5.41, 5.74) is 0. The summed E-state index contributed by atoms with van der Waals surface area (Å²) in [6.07, 6.45) is -0.649. The van der Waals surface area contributed by atoms with Crippen LogP contribution in [0.3, 0.4) is 0 Å². The van der Waals surface area contributed by atoms with E-state index in [-0.39, 0.29) is 26.1 Å². The fourth-order valence-electron chi connectivity index (χ4n) is 2.55. The number of ketones is 1. The van der Waals surface area contributed by atoms with Gasteiger partial charge in [-0.1, -0.05) is 18.2 Å². The maximum absolute atomic E-state index is 11.3. The molecular formula is C25H38O12. The molecule has 0 amide bonds. The van der Waals surface area contributed by atoms with Crippen molar-refractivity contribution in [3.63, 3.8) is 0 Å². The summed E-state index contributed by atoms with van der Waals surface area (Å²) in [6, 6.07) is 9.58.